The van der Waals surface area contributed by atoms with E-state index in [-0.39, 0.29) is 0 Å². The Kier molecular flexibility index (Phi) is 4.38. The first-order chi connectivity index (χ1) is 11.2. The van der Waals surface area contributed by atoms with Crippen molar-refractivity contribution in [1.82, 2.24) is 9.97 Å². The van der Waals surface area contributed by atoms with Gasteiger partial charge in [-0.3, -0.25) is 5.32 Å². The summed E-state index contributed by atoms with van der Waals surface area (Å²) in [7, 11) is 0. The third-order valence-corrected chi connectivity index (χ3v) is 3.27. The van der Waals surface area contributed by atoms with Crippen LogP contribution in [0.25, 0.3) is 23.2 Å². The smallest absolute Gasteiger partial charge is 0.413 e. The van der Waals surface area contributed by atoms with Crippen LogP contribution in [0.4, 0.5) is 10.7 Å². The van der Waals surface area contributed by atoms with Crippen molar-refractivity contribution in [2.45, 2.75) is 6.92 Å². The van der Waals surface area contributed by atoms with Crippen LogP contribution in [0.3, 0.4) is 0 Å². The van der Waals surface area contributed by atoms with Crippen molar-refractivity contribution in [2.24, 2.45) is 0 Å². The third kappa shape index (κ3) is 3.77. The molecule has 0 atom stereocenters. The van der Waals surface area contributed by atoms with E-state index < -0.39 is 6.09 Å². The molecule has 0 bridgehead atoms. The predicted molar refractivity (Wildman–Crippen MR) is 92.1 cm³/mol. The fourth-order valence-corrected chi connectivity index (χ4v) is 2.21. The van der Waals surface area contributed by atoms with E-state index in [1.54, 1.807) is 6.92 Å². The van der Waals surface area contributed by atoms with Crippen molar-refractivity contribution in [3.8, 4) is 0 Å². The minimum absolute atomic E-state index is 0.320. The van der Waals surface area contributed by atoms with Gasteiger partial charge in [-0.05, 0) is 30.2 Å². The van der Waals surface area contributed by atoms with E-state index in [1.165, 1.54) is 0 Å². The Hall–Kier alpha value is -3.08. The lowest BCUT2D eigenvalue weighted by atomic mass is 10.1. The number of amides is 1. The van der Waals surface area contributed by atoms with Crippen LogP contribution in [0, 0.1) is 0 Å². The highest BCUT2D eigenvalue weighted by Crippen LogP contribution is 2.18. The minimum atomic E-state index is -0.518. The Balaban J connectivity index is 1.79. The highest BCUT2D eigenvalue weighted by molar-refractivity contribution is 5.87. The molecule has 0 unspecified atom stereocenters. The summed E-state index contributed by atoms with van der Waals surface area (Å²) < 4.78 is 4.83. The number of aromatic amines is 1. The van der Waals surface area contributed by atoms with E-state index in [2.05, 4.69) is 21.4 Å². The predicted octanol–water partition coefficient (Wildman–Crippen LogP) is 4.30. The van der Waals surface area contributed by atoms with Gasteiger partial charge in [-0.1, -0.05) is 48.6 Å². The Morgan fingerprint density at radius 1 is 1.17 bits per heavy atom. The first-order valence-corrected chi connectivity index (χ1v) is 7.41. The van der Waals surface area contributed by atoms with Gasteiger partial charge < -0.3 is 9.72 Å². The molecule has 0 saturated heterocycles. The number of benzene rings is 2. The fourth-order valence-electron chi connectivity index (χ4n) is 2.21. The molecular formula is C18H17N3O2. The zero-order valence-corrected chi connectivity index (χ0v) is 12.7. The first-order valence-electron chi connectivity index (χ1n) is 7.41. The van der Waals surface area contributed by atoms with Gasteiger partial charge in [0.15, 0.2) is 0 Å². The molecule has 5 heteroatoms. The fraction of sp³-hybridized carbons (Fsp3) is 0.111. The number of ether oxygens (including phenoxy) is 1. The van der Waals surface area contributed by atoms with Crippen LogP contribution in [-0.2, 0) is 4.74 Å². The van der Waals surface area contributed by atoms with E-state index in [4.69, 9.17) is 4.74 Å². The van der Waals surface area contributed by atoms with Crippen LogP contribution in [0.2, 0.25) is 0 Å². The van der Waals surface area contributed by atoms with Crippen LogP contribution in [0.1, 0.15) is 18.1 Å². The molecule has 3 rings (SSSR count). The summed E-state index contributed by atoms with van der Waals surface area (Å²) in [6, 6.07) is 16.0. The molecule has 0 fully saturated rings. The molecule has 5 nitrogen and oxygen atoms in total. The Morgan fingerprint density at radius 2 is 1.96 bits per heavy atom. The average molecular weight is 307 g/mol. The van der Waals surface area contributed by atoms with Gasteiger partial charge in [0.1, 0.15) is 0 Å². The van der Waals surface area contributed by atoms with E-state index >= 15 is 0 Å². The largest absolute Gasteiger partial charge is 0.450 e. The zero-order chi connectivity index (χ0) is 16.1. The molecule has 116 valence electrons. The molecule has 0 aliphatic heterocycles. The molecule has 1 aromatic heterocycles. The molecule has 0 spiro atoms. The van der Waals surface area contributed by atoms with E-state index in [9.17, 15) is 4.79 Å². The summed E-state index contributed by atoms with van der Waals surface area (Å²) in [5.41, 5.74) is 3.83. The van der Waals surface area contributed by atoms with Crippen molar-refractivity contribution in [1.29, 1.82) is 0 Å². The molecule has 1 heterocycles. The maximum atomic E-state index is 11.4. The number of carbonyl (C=O) groups is 1. The van der Waals surface area contributed by atoms with Crippen LogP contribution in [-0.4, -0.2) is 22.7 Å². The van der Waals surface area contributed by atoms with Crippen molar-refractivity contribution >= 4 is 35.2 Å². The second-order valence-corrected chi connectivity index (χ2v) is 4.95. The monoisotopic (exact) mass is 307 g/mol. The summed E-state index contributed by atoms with van der Waals surface area (Å²) in [6.45, 7) is 2.07. The van der Waals surface area contributed by atoms with E-state index in [0.29, 0.717) is 12.6 Å². The number of nitrogens with zero attached hydrogens (tertiary/aromatic N) is 1. The molecule has 1 amide bonds. The topological polar surface area (TPSA) is 67.0 Å². The van der Waals surface area contributed by atoms with Gasteiger partial charge in [-0.15, -0.1) is 0 Å². The van der Waals surface area contributed by atoms with Crippen molar-refractivity contribution in [3.63, 3.8) is 0 Å². The molecule has 3 aromatic rings. The lowest BCUT2D eigenvalue weighted by molar-refractivity contribution is 0.167. The van der Waals surface area contributed by atoms with Gasteiger partial charge in [0.25, 0.3) is 0 Å². The zero-order valence-electron chi connectivity index (χ0n) is 12.7. The van der Waals surface area contributed by atoms with Gasteiger partial charge in [0.05, 0.1) is 17.6 Å². The summed E-state index contributed by atoms with van der Waals surface area (Å²) >= 11 is 0. The normalized spacial score (nSPS) is 11.0. The number of hydrogen-bond donors (Lipinski definition) is 2. The summed E-state index contributed by atoms with van der Waals surface area (Å²) in [4.78, 5) is 18.8. The second kappa shape index (κ2) is 6.79. The number of rotatable bonds is 4. The van der Waals surface area contributed by atoms with Crippen LogP contribution in [0.5, 0.6) is 0 Å². The van der Waals surface area contributed by atoms with Crippen LogP contribution in [0.15, 0.2) is 48.5 Å². The molecular weight excluding hydrogens is 290 g/mol. The number of hydrogen-bond acceptors (Lipinski definition) is 3. The van der Waals surface area contributed by atoms with Crippen LogP contribution >= 0.6 is 0 Å². The van der Waals surface area contributed by atoms with Gasteiger partial charge in [-0.2, -0.15) is 0 Å². The average Bonchev–Trinajstić information content (AvgIpc) is 2.95. The van der Waals surface area contributed by atoms with Crippen molar-refractivity contribution in [3.05, 3.63) is 59.7 Å². The summed E-state index contributed by atoms with van der Waals surface area (Å²) in [6.07, 6.45) is 3.57. The molecule has 23 heavy (non-hydrogen) atoms. The van der Waals surface area contributed by atoms with Crippen molar-refractivity contribution in [2.75, 3.05) is 11.9 Å². The minimum Gasteiger partial charge on any atom is -0.450 e. The standard InChI is InChI=1S/C18H17N3O2/c1-2-23-18(22)21-17-19-15-11-10-14(12-16(15)20-17)9-8-13-6-4-3-5-7-13/h3-12H,2H2,1H3,(H2,19,20,21,22)/b9-8+. The quantitative estimate of drug-likeness (QED) is 0.706. The Bertz CT molecular complexity index is 838. The number of nitrogens with one attached hydrogen (secondary N) is 2. The lowest BCUT2D eigenvalue weighted by Crippen LogP contribution is -2.14. The Morgan fingerprint density at radius 3 is 2.74 bits per heavy atom. The lowest BCUT2D eigenvalue weighted by Gasteiger charge is -2.00. The molecule has 0 aliphatic rings. The van der Waals surface area contributed by atoms with E-state index in [1.807, 2.05) is 54.6 Å². The maximum absolute atomic E-state index is 11.4. The number of H-pyrrole nitrogens is 1. The second-order valence-electron chi connectivity index (χ2n) is 4.95. The van der Waals surface area contributed by atoms with Gasteiger partial charge in [-0.25, -0.2) is 9.78 Å². The highest BCUT2D eigenvalue weighted by Gasteiger charge is 2.07. The van der Waals surface area contributed by atoms with Gasteiger partial charge >= 0.3 is 6.09 Å². The molecule has 0 radical (unpaired) electrons. The SMILES string of the molecule is CCOC(=O)Nc1nc2ccc(/C=C/c3ccccc3)cc2[nH]1. The molecule has 0 saturated carbocycles. The van der Waals surface area contributed by atoms with Gasteiger partial charge in [0, 0.05) is 0 Å². The van der Waals surface area contributed by atoms with Crippen molar-refractivity contribution < 1.29 is 9.53 Å². The maximum Gasteiger partial charge on any atom is 0.413 e. The third-order valence-electron chi connectivity index (χ3n) is 3.27. The number of imidazole rings is 1. The summed E-state index contributed by atoms with van der Waals surface area (Å²) in [5.74, 6) is 0.377. The Labute approximate surface area is 134 Å². The number of carbonyl (C=O) groups excluding carboxylic acids is 1. The number of aromatic nitrogens is 2. The number of fused-ring (bicyclic) bond motifs is 1. The molecule has 0 aliphatic carbocycles. The molecule has 2 N–H and O–H groups in total. The van der Waals surface area contributed by atoms with E-state index in [0.717, 1.165) is 22.2 Å². The first kappa shape index (κ1) is 14.8. The van der Waals surface area contributed by atoms with Gasteiger partial charge in [0.2, 0.25) is 5.95 Å². The molecule has 2 aromatic carbocycles. The summed E-state index contributed by atoms with van der Waals surface area (Å²) in [5, 5.41) is 2.56. The van der Waals surface area contributed by atoms with Crippen LogP contribution < -0.4 is 5.32 Å². The number of anilines is 1. The highest BCUT2D eigenvalue weighted by atomic mass is 16.5.